The average molecular weight is 276 g/mol. The highest BCUT2D eigenvalue weighted by Gasteiger charge is 2.55. The lowest BCUT2D eigenvalue weighted by Gasteiger charge is -2.56. The van der Waals surface area contributed by atoms with E-state index in [0.29, 0.717) is 32.0 Å². The van der Waals surface area contributed by atoms with Crippen molar-refractivity contribution in [1.29, 1.82) is 0 Å². The average Bonchev–Trinajstić information content (AvgIpc) is 2.61. The molecule has 1 saturated heterocycles. The maximum Gasteiger partial charge on any atom is 0.228 e. The van der Waals surface area contributed by atoms with E-state index in [1.165, 1.54) is 19.3 Å². The predicted octanol–water partition coefficient (Wildman–Crippen LogP) is 1.55. The minimum Gasteiger partial charge on any atom is -0.354 e. The summed E-state index contributed by atoms with van der Waals surface area (Å²) < 4.78 is 0. The number of carbonyl (C=O) groups excluding carboxylic acids is 2. The van der Waals surface area contributed by atoms with Crippen LogP contribution < -0.4 is 5.32 Å². The van der Waals surface area contributed by atoms with Gasteiger partial charge in [0.2, 0.25) is 11.8 Å². The molecule has 0 aromatic carbocycles. The lowest BCUT2D eigenvalue weighted by atomic mass is 9.49. The Morgan fingerprint density at radius 1 is 1.05 bits per heavy atom. The Kier molecular flexibility index (Phi) is 2.83. The van der Waals surface area contributed by atoms with E-state index in [0.717, 1.165) is 37.0 Å². The fraction of sp³-hybridized carbons (Fsp3) is 0.875. The summed E-state index contributed by atoms with van der Waals surface area (Å²) >= 11 is 0. The fourth-order valence-electron chi connectivity index (χ4n) is 5.68. The summed E-state index contributed by atoms with van der Waals surface area (Å²) in [5.74, 6) is 2.87. The second-order valence-corrected chi connectivity index (χ2v) is 7.59. The van der Waals surface area contributed by atoms with Crippen molar-refractivity contribution in [2.24, 2.45) is 23.2 Å². The van der Waals surface area contributed by atoms with Crippen LogP contribution in [0.3, 0.4) is 0 Å². The Morgan fingerprint density at radius 2 is 1.65 bits per heavy atom. The van der Waals surface area contributed by atoms with E-state index in [2.05, 4.69) is 5.32 Å². The second-order valence-electron chi connectivity index (χ2n) is 7.59. The number of carbonyl (C=O) groups is 2. The van der Waals surface area contributed by atoms with Gasteiger partial charge in [-0.05, 0) is 56.3 Å². The zero-order valence-electron chi connectivity index (χ0n) is 12.1. The van der Waals surface area contributed by atoms with Gasteiger partial charge in [0.05, 0.1) is 5.41 Å². The Hall–Kier alpha value is -1.06. The molecule has 4 heteroatoms. The molecule has 20 heavy (non-hydrogen) atoms. The Morgan fingerprint density at radius 3 is 2.25 bits per heavy atom. The number of rotatable bonds is 1. The van der Waals surface area contributed by atoms with Gasteiger partial charge in [-0.3, -0.25) is 9.59 Å². The third-order valence-corrected chi connectivity index (χ3v) is 6.09. The minimum absolute atomic E-state index is 0.0534. The lowest BCUT2D eigenvalue weighted by molar-refractivity contribution is -0.157. The van der Waals surface area contributed by atoms with Gasteiger partial charge in [-0.15, -0.1) is 0 Å². The van der Waals surface area contributed by atoms with Crippen molar-refractivity contribution >= 4 is 11.8 Å². The molecular formula is C16H24N2O2. The van der Waals surface area contributed by atoms with Crippen LogP contribution in [0, 0.1) is 23.2 Å². The third-order valence-electron chi connectivity index (χ3n) is 6.09. The number of nitrogens with one attached hydrogen (secondary N) is 1. The van der Waals surface area contributed by atoms with Gasteiger partial charge in [0.25, 0.3) is 0 Å². The second kappa shape index (κ2) is 4.47. The molecule has 110 valence electrons. The van der Waals surface area contributed by atoms with Gasteiger partial charge >= 0.3 is 0 Å². The maximum absolute atomic E-state index is 13.1. The van der Waals surface area contributed by atoms with Crippen molar-refractivity contribution in [2.75, 3.05) is 19.6 Å². The molecule has 4 bridgehead atoms. The highest BCUT2D eigenvalue weighted by molar-refractivity contribution is 5.84. The number of nitrogens with zero attached hydrogens (tertiary/aromatic N) is 1. The van der Waals surface area contributed by atoms with E-state index in [4.69, 9.17) is 0 Å². The molecule has 0 radical (unpaired) electrons. The van der Waals surface area contributed by atoms with Gasteiger partial charge < -0.3 is 10.2 Å². The van der Waals surface area contributed by atoms with Crippen LogP contribution >= 0.6 is 0 Å². The highest BCUT2D eigenvalue weighted by atomic mass is 16.2. The molecule has 4 nitrogen and oxygen atoms in total. The van der Waals surface area contributed by atoms with Crippen molar-refractivity contribution in [3.05, 3.63) is 0 Å². The molecule has 1 aliphatic heterocycles. The third kappa shape index (κ3) is 1.95. The Balaban J connectivity index is 1.54. The van der Waals surface area contributed by atoms with Gasteiger partial charge in [-0.25, -0.2) is 0 Å². The number of amides is 2. The van der Waals surface area contributed by atoms with Gasteiger partial charge in [0.1, 0.15) is 0 Å². The van der Waals surface area contributed by atoms with Crippen molar-refractivity contribution in [3.63, 3.8) is 0 Å². The van der Waals surface area contributed by atoms with Crippen LogP contribution in [-0.2, 0) is 9.59 Å². The normalized spacial score (nSPS) is 43.3. The van der Waals surface area contributed by atoms with Crippen LogP contribution in [0.2, 0.25) is 0 Å². The molecular weight excluding hydrogens is 252 g/mol. The number of hydrogen-bond donors (Lipinski definition) is 1. The molecule has 5 fully saturated rings. The Bertz CT molecular complexity index is 410. The van der Waals surface area contributed by atoms with Crippen molar-refractivity contribution in [1.82, 2.24) is 10.2 Å². The first-order chi connectivity index (χ1) is 9.64. The van der Waals surface area contributed by atoms with E-state index < -0.39 is 0 Å². The SMILES string of the molecule is O=C1CCN(C(=O)C23CC4CC(CC(C4)C2)C3)CCN1. The molecule has 0 atom stereocenters. The molecule has 5 aliphatic rings. The van der Waals surface area contributed by atoms with Crippen LogP contribution in [-0.4, -0.2) is 36.3 Å². The summed E-state index contributed by atoms with van der Waals surface area (Å²) in [5.41, 5.74) is -0.0534. The standard InChI is InChI=1S/C16H24N2O2/c19-14-1-3-18(4-2-17-14)15(20)16-8-11-5-12(9-16)7-13(6-11)10-16/h11-13H,1-10H2,(H,17,19). The highest BCUT2D eigenvalue weighted by Crippen LogP contribution is 2.60. The van der Waals surface area contributed by atoms with Crippen LogP contribution in [0.25, 0.3) is 0 Å². The first-order valence-electron chi connectivity index (χ1n) is 8.21. The molecule has 0 aromatic heterocycles. The molecule has 0 unspecified atom stereocenters. The molecule has 0 aromatic rings. The minimum atomic E-state index is -0.0534. The first kappa shape index (κ1) is 12.7. The molecule has 4 aliphatic carbocycles. The molecule has 4 saturated carbocycles. The molecule has 5 rings (SSSR count). The van der Waals surface area contributed by atoms with Crippen molar-refractivity contribution in [3.8, 4) is 0 Å². The zero-order valence-corrected chi connectivity index (χ0v) is 12.1. The summed E-state index contributed by atoms with van der Waals surface area (Å²) in [6.07, 6.45) is 7.94. The molecule has 1 heterocycles. The summed E-state index contributed by atoms with van der Waals surface area (Å²) in [6.45, 7) is 1.94. The lowest BCUT2D eigenvalue weighted by Crippen LogP contribution is -2.55. The van der Waals surface area contributed by atoms with Gasteiger partial charge in [0, 0.05) is 26.1 Å². The van der Waals surface area contributed by atoms with E-state index in [1.807, 2.05) is 4.90 Å². The van der Waals surface area contributed by atoms with Gasteiger partial charge in [0.15, 0.2) is 0 Å². The smallest absolute Gasteiger partial charge is 0.228 e. The summed E-state index contributed by atoms with van der Waals surface area (Å²) in [4.78, 5) is 26.5. The van der Waals surface area contributed by atoms with Crippen molar-refractivity contribution in [2.45, 2.75) is 44.9 Å². The van der Waals surface area contributed by atoms with E-state index in [-0.39, 0.29) is 11.3 Å². The van der Waals surface area contributed by atoms with E-state index in [9.17, 15) is 9.59 Å². The molecule has 1 N–H and O–H groups in total. The number of hydrogen-bond acceptors (Lipinski definition) is 2. The Labute approximate surface area is 120 Å². The zero-order chi connectivity index (χ0) is 13.7. The van der Waals surface area contributed by atoms with Gasteiger partial charge in [-0.2, -0.15) is 0 Å². The largest absolute Gasteiger partial charge is 0.354 e. The molecule has 2 amide bonds. The maximum atomic E-state index is 13.1. The van der Waals surface area contributed by atoms with E-state index >= 15 is 0 Å². The fourth-order valence-corrected chi connectivity index (χ4v) is 5.68. The quantitative estimate of drug-likeness (QED) is 0.790. The monoisotopic (exact) mass is 276 g/mol. The molecule has 0 spiro atoms. The topological polar surface area (TPSA) is 49.4 Å². The van der Waals surface area contributed by atoms with Gasteiger partial charge in [-0.1, -0.05) is 0 Å². The predicted molar refractivity (Wildman–Crippen MR) is 74.8 cm³/mol. The summed E-state index contributed by atoms with van der Waals surface area (Å²) in [6, 6.07) is 0. The summed E-state index contributed by atoms with van der Waals surface area (Å²) in [5, 5.41) is 2.87. The van der Waals surface area contributed by atoms with E-state index in [1.54, 1.807) is 0 Å². The van der Waals surface area contributed by atoms with Crippen molar-refractivity contribution < 1.29 is 9.59 Å². The summed E-state index contributed by atoms with van der Waals surface area (Å²) in [7, 11) is 0. The van der Waals surface area contributed by atoms with Crippen LogP contribution in [0.5, 0.6) is 0 Å². The first-order valence-corrected chi connectivity index (χ1v) is 8.21. The van der Waals surface area contributed by atoms with Crippen LogP contribution in [0.4, 0.5) is 0 Å². The van der Waals surface area contributed by atoms with Crippen LogP contribution in [0.15, 0.2) is 0 Å². The van der Waals surface area contributed by atoms with Crippen LogP contribution in [0.1, 0.15) is 44.9 Å².